The number of hydrogen-bond donors (Lipinski definition) is 4. The Hall–Kier alpha value is -3.19. The standard InChI is InChI=1S/C24H28N2O5/c27-21(23(29)26-20(24(30)31)17-12-6-2-7-13-17)19(16-10-4-1-5-11-16)25-22(28)18-14-8-3-9-15-18/h1,3-5,8-11,14-15,17,19-21,27H,2,6-7,12-13H2,(H,25,28)(H,26,29)(H,30,31)/t19-,20+,21+/m0/s1. The van der Waals surface area contributed by atoms with Crippen LogP contribution in [0.5, 0.6) is 0 Å². The molecule has 1 aliphatic carbocycles. The smallest absolute Gasteiger partial charge is 0.326 e. The second-order valence-electron chi connectivity index (χ2n) is 7.90. The highest BCUT2D eigenvalue weighted by Crippen LogP contribution is 2.27. The zero-order valence-corrected chi connectivity index (χ0v) is 17.2. The van der Waals surface area contributed by atoms with Gasteiger partial charge < -0.3 is 20.8 Å². The molecule has 31 heavy (non-hydrogen) atoms. The fourth-order valence-corrected chi connectivity index (χ4v) is 4.06. The maximum Gasteiger partial charge on any atom is 0.326 e. The maximum atomic E-state index is 12.9. The van der Waals surface area contributed by atoms with E-state index in [1.807, 2.05) is 0 Å². The summed E-state index contributed by atoms with van der Waals surface area (Å²) >= 11 is 0. The molecular weight excluding hydrogens is 396 g/mol. The summed E-state index contributed by atoms with van der Waals surface area (Å²) in [5.74, 6) is -2.54. The van der Waals surface area contributed by atoms with Gasteiger partial charge in [0.15, 0.2) is 6.10 Å². The van der Waals surface area contributed by atoms with Crippen molar-refractivity contribution >= 4 is 17.8 Å². The van der Waals surface area contributed by atoms with Crippen LogP contribution in [-0.2, 0) is 9.59 Å². The van der Waals surface area contributed by atoms with Crippen molar-refractivity contribution in [3.05, 3.63) is 71.8 Å². The van der Waals surface area contributed by atoms with Crippen LogP contribution in [0.1, 0.15) is 54.1 Å². The predicted octanol–water partition coefficient (Wildman–Crippen LogP) is 2.67. The molecule has 1 fully saturated rings. The summed E-state index contributed by atoms with van der Waals surface area (Å²) in [6, 6.07) is 15.0. The topological polar surface area (TPSA) is 116 Å². The average molecular weight is 424 g/mol. The summed E-state index contributed by atoms with van der Waals surface area (Å²) < 4.78 is 0. The van der Waals surface area contributed by atoms with Crippen molar-refractivity contribution < 1.29 is 24.6 Å². The third-order valence-corrected chi connectivity index (χ3v) is 5.75. The third kappa shape index (κ3) is 5.92. The summed E-state index contributed by atoms with van der Waals surface area (Å²) in [6.45, 7) is 0. The number of aliphatic carboxylic acids is 1. The van der Waals surface area contributed by atoms with Gasteiger partial charge >= 0.3 is 5.97 Å². The van der Waals surface area contributed by atoms with Gasteiger partial charge in [-0.15, -0.1) is 0 Å². The first-order valence-corrected chi connectivity index (χ1v) is 10.6. The van der Waals surface area contributed by atoms with Crippen LogP contribution in [0.4, 0.5) is 0 Å². The van der Waals surface area contributed by atoms with E-state index in [1.54, 1.807) is 60.7 Å². The van der Waals surface area contributed by atoms with Gasteiger partial charge in [-0.2, -0.15) is 0 Å². The van der Waals surface area contributed by atoms with Crippen LogP contribution in [0.25, 0.3) is 0 Å². The fourth-order valence-electron chi connectivity index (χ4n) is 4.06. The highest BCUT2D eigenvalue weighted by molar-refractivity contribution is 5.95. The van der Waals surface area contributed by atoms with Crippen molar-refractivity contribution in [1.29, 1.82) is 0 Å². The SMILES string of the molecule is O=C(N[C@@H](c1ccccc1)[C@@H](O)C(=O)N[C@@H](C(=O)O)C1CCCCC1)c1ccccc1. The summed E-state index contributed by atoms with van der Waals surface area (Å²) in [6.07, 6.45) is 2.70. The van der Waals surface area contributed by atoms with Crippen LogP contribution in [0, 0.1) is 5.92 Å². The molecular formula is C24H28N2O5. The molecule has 2 amide bonds. The number of carbonyl (C=O) groups excluding carboxylic acids is 2. The Bertz CT molecular complexity index is 881. The molecule has 3 rings (SSSR count). The summed E-state index contributed by atoms with van der Waals surface area (Å²) in [4.78, 5) is 37.3. The minimum absolute atomic E-state index is 0.170. The molecule has 0 aliphatic heterocycles. The molecule has 1 aliphatic rings. The molecule has 4 N–H and O–H groups in total. The minimum Gasteiger partial charge on any atom is -0.480 e. The van der Waals surface area contributed by atoms with Crippen molar-refractivity contribution in [2.45, 2.75) is 50.3 Å². The zero-order chi connectivity index (χ0) is 22.2. The predicted molar refractivity (Wildman–Crippen MR) is 115 cm³/mol. The van der Waals surface area contributed by atoms with Crippen molar-refractivity contribution in [2.24, 2.45) is 5.92 Å². The summed E-state index contributed by atoms with van der Waals surface area (Å²) in [7, 11) is 0. The first-order valence-electron chi connectivity index (χ1n) is 10.6. The Labute approximate surface area is 181 Å². The van der Waals surface area contributed by atoms with Crippen LogP contribution in [0.15, 0.2) is 60.7 Å². The van der Waals surface area contributed by atoms with Gasteiger partial charge in [-0.25, -0.2) is 4.79 Å². The largest absolute Gasteiger partial charge is 0.480 e. The van der Waals surface area contributed by atoms with Crippen LogP contribution < -0.4 is 10.6 Å². The molecule has 1 saturated carbocycles. The zero-order valence-electron chi connectivity index (χ0n) is 17.2. The first-order chi connectivity index (χ1) is 15.0. The molecule has 0 bridgehead atoms. The lowest BCUT2D eigenvalue weighted by Gasteiger charge is -2.30. The lowest BCUT2D eigenvalue weighted by atomic mass is 9.83. The molecule has 0 radical (unpaired) electrons. The lowest BCUT2D eigenvalue weighted by molar-refractivity contribution is -0.145. The van der Waals surface area contributed by atoms with E-state index in [2.05, 4.69) is 10.6 Å². The normalized spacial score (nSPS) is 17.2. The van der Waals surface area contributed by atoms with Crippen molar-refractivity contribution in [3.63, 3.8) is 0 Å². The number of hydrogen-bond acceptors (Lipinski definition) is 4. The molecule has 7 nitrogen and oxygen atoms in total. The molecule has 0 unspecified atom stereocenters. The lowest BCUT2D eigenvalue weighted by Crippen LogP contribution is -2.52. The summed E-state index contributed by atoms with van der Waals surface area (Å²) in [5, 5.41) is 25.7. The number of rotatable bonds is 8. The van der Waals surface area contributed by atoms with E-state index in [0.717, 1.165) is 32.1 Å². The molecule has 0 saturated heterocycles. The Morgan fingerprint density at radius 2 is 1.42 bits per heavy atom. The van der Waals surface area contributed by atoms with E-state index in [1.165, 1.54) is 0 Å². The second-order valence-corrected chi connectivity index (χ2v) is 7.90. The van der Waals surface area contributed by atoms with Gasteiger partial charge in [0, 0.05) is 5.56 Å². The van der Waals surface area contributed by atoms with Crippen molar-refractivity contribution in [1.82, 2.24) is 10.6 Å². The molecule has 0 aromatic heterocycles. The number of carboxylic acid groups (broad SMARTS) is 1. The Morgan fingerprint density at radius 1 is 0.839 bits per heavy atom. The van der Waals surface area contributed by atoms with Gasteiger partial charge in [0.2, 0.25) is 0 Å². The number of nitrogens with one attached hydrogen (secondary N) is 2. The molecule has 2 aromatic rings. The van der Waals surface area contributed by atoms with Crippen LogP contribution >= 0.6 is 0 Å². The first kappa shape index (κ1) is 22.5. The van der Waals surface area contributed by atoms with Gasteiger partial charge in [-0.1, -0.05) is 67.8 Å². The Balaban J connectivity index is 1.78. The quantitative estimate of drug-likeness (QED) is 0.520. The second kappa shape index (κ2) is 10.7. The Kier molecular flexibility index (Phi) is 7.78. The molecule has 0 spiro atoms. The monoisotopic (exact) mass is 424 g/mol. The van der Waals surface area contributed by atoms with Gasteiger partial charge in [0.05, 0.1) is 6.04 Å². The van der Waals surface area contributed by atoms with Gasteiger partial charge in [0.25, 0.3) is 11.8 Å². The number of aliphatic hydroxyl groups excluding tert-OH is 1. The number of amides is 2. The molecule has 164 valence electrons. The molecule has 0 heterocycles. The van der Waals surface area contributed by atoms with E-state index in [0.29, 0.717) is 11.1 Å². The van der Waals surface area contributed by atoms with Gasteiger partial charge in [-0.05, 0) is 36.5 Å². The highest BCUT2D eigenvalue weighted by atomic mass is 16.4. The number of benzene rings is 2. The van der Waals surface area contributed by atoms with Crippen molar-refractivity contribution in [2.75, 3.05) is 0 Å². The van der Waals surface area contributed by atoms with Crippen molar-refractivity contribution in [3.8, 4) is 0 Å². The number of carbonyl (C=O) groups is 3. The van der Waals surface area contributed by atoms with Crippen LogP contribution in [0.2, 0.25) is 0 Å². The summed E-state index contributed by atoms with van der Waals surface area (Å²) in [5.41, 5.74) is 0.931. The highest BCUT2D eigenvalue weighted by Gasteiger charge is 2.35. The van der Waals surface area contributed by atoms with Gasteiger partial charge in [-0.3, -0.25) is 9.59 Å². The van der Waals surface area contributed by atoms with Gasteiger partial charge in [0.1, 0.15) is 6.04 Å². The maximum absolute atomic E-state index is 12.9. The van der Waals surface area contributed by atoms with E-state index >= 15 is 0 Å². The Morgan fingerprint density at radius 3 is 2.00 bits per heavy atom. The number of aliphatic hydroxyl groups is 1. The average Bonchev–Trinajstić information content (AvgIpc) is 2.81. The van der Waals surface area contributed by atoms with E-state index in [-0.39, 0.29) is 5.92 Å². The molecule has 3 atom stereocenters. The minimum atomic E-state index is -1.65. The fraction of sp³-hybridized carbons (Fsp3) is 0.375. The third-order valence-electron chi connectivity index (χ3n) is 5.75. The van der Waals surface area contributed by atoms with E-state index < -0.39 is 36.0 Å². The van der Waals surface area contributed by atoms with E-state index in [4.69, 9.17) is 0 Å². The van der Waals surface area contributed by atoms with Crippen LogP contribution in [-0.4, -0.2) is 40.1 Å². The van der Waals surface area contributed by atoms with Crippen LogP contribution in [0.3, 0.4) is 0 Å². The molecule has 7 heteroatoms. The number of carboxylic acids is 1. The van der Waals surface area contributed by atoms with E-state index in [9.17, 15) is 24.6 Å². The molecule has 2 aromatic carbocycles.